The molecule has 1 N–H and O–H groups in total. The number of nitrogens with zero attached hydrogens (tertiary/aromatic N) is 2. The van der Waals surface area contributed by atoms with Gasteiger partial charge in [0.15, 0.2) is 11.5 Å². The minimum atomic E-state index is -3.61. The summed E-state index contributed by atoms with van der Waals surface area (Å²) in [5.74, 6) is -3.89. The molecule has 0 spiro atoms. The molecule has 3 aromatic rings. The number of hydrogen-bond donors (Lipinski definition) is 1. The lowest BCUT2D eigenvalue weighted by atomic mass is 9.86. The fourth-order valence-corrected chi connectivity index (χ4v) is 3.61. The predicted molar refractivity (Wildman–Crippen MR) is 105 cm³/mol. The molecule has 2 aromatic carbocycles. The van der Waals surface area contributed by atoms with Crippen LogP contribution in [0.2, 0.25) is 0 Å². The second-order valence-corrected chi connectivity index (χ2v) is 6.43. The molecule has 0 aliphatic carbocycles. The zero-order valence-electron chi connectivity index (χ0n) is 28.3. The number of para-hydroxylation sites is 1. The number of fused-ring (bicyclic) bond motifs is 5. The molecule has 7 heteroatoms. The largest absolute Gasteiger partial charge is 0.454 e. The summed E-state index contributed by atoms with van der Waals surface area (Å²) in [6.07, 6.45) is -3.14. The number of amides is 2. The molecule has 29 heavy (non-hydrogen) atoms. The van der Waals surface area contributed by atoms with Crippen molar-refractivity contribution >= 4 is 22.7 Å². The average Bonchev–Trinajstić information content (AvgIpc) is 3.43. The van der Waals surface area contributed by atoms with E-state index in [9.17, 15) is 11.0 Å². The quantitative estimate of drug-likeness (QED) is 0.676. The van der Waals surface area contributed by atoms with E-state index in [1.165, 1.54) is 0 Å². The molecule has 0 saturated carbocycles. The van der Waals surface area contributed by atoms with Crippen molar-refractivity contribution in [2.24, 2.45) is 0 Å². The molecule has 2 amide bonds. The number of carbonyl (C=O) groups excluding carboxylic acids is 2. The zero-order chi connectivity index (χ0) is 32.0. The Morgan fingerprint density at radius 1 is 1.28 bits per heavy atom. The topological polar surface area (TPSA) is 74.9 Å². The van der Waals surface area contributed by atoms with Gasteiger partial charge in [-0.1, -0.05) is 24.2 Å². The SMILES string of the molecule is [2H]c1c([2H])c([2H])c2c3c([nH]c2c1[2H])[C@@]([2H])(c1ccc2c(c1)OC([2H])([2H])O2)N1C(=O)C([2H])([2H])N(C([2H])([2H])[2H])C(=O)[C@H]1C3([2H])[2H]. The molecule has 4 heterocycles. The van der Waals surface area contributed by atoms with Crippen LogP contribution in [0.4, 0.5) is 0 Å². The lowest BCUT2D eigenvalue weighted by Gasteiger charge is -2.46. The third-order valence-corrected chi connectivity index (χ3v) is 4.86. The van der Waals surface area contributed by atoms with Crippen LogP contribution in [0, 0.1) is 0 Å². The monoisotopic (exact) mass is 403 g/mol. The molecule has 6 rings (SSSR count). The van der Waals surface area contributed by atoms with Crippen LogP contribution >= 0.6 is 0 Å². The Morgan fingerprint density at radius 2 is 2.14 bits per heavy atom. The van der Waals surface area contributed by atoms with Gasteiger partial charge in [-0.2, -0.15) is 0 Å². The minimum Gasteiger partial charge on any atom is -0.454 e. The number of carbonyl (C=O) groups is 2. The predicted octanol–water partition coefficient (Wildman–Crippen LogP) is 2.21. The first-order valence-corrected chi connectivity index (χ1v) is 8.42. The lowest BCUT2D eigenvalue weighted by molar-refractivity contribution is -0.157. The molecule has 0 unspecified atom stereocenters. The lowest BCUT2D eigenvalue weighted by Crippen LogP contribution is -2.62. The van der Waals surface area contributed by atoms with Crippen LogP contribution in [0.15, 0.2) is 42.4 Å². The summed E-state index contributed by atoms with van der Waals surface area (Å²) in [6.45, 7) is -9.81. The maximum atomic E-state index is 13.9. The molecule has 3 aliphatic heterocycles. The van der Waals surface area contributed by atoms with E-state index in [4.69, 9.17) is 27.3 Å². The van der Waals surface area contributed by atoms with Crippen molar-refractivity contribution in [1.29, 1.82) is 0 Å². The number of likely N-dealkylation sites (N-methyl/N-ethyl adjacent to an activating group) is 1. The highest BCUT2D eigenvalue weighted by atomic mass is 16.7. The molecule has 1 saturated heterocycles. The number of benzene rings is 2. The number of rotatable bonds is 1. The molecule has 1 fully saturated rings. The van der Waals surface area contributed by atoms with Gasteiger partial charge in [0.1, 0.15) is 8.78 Å². The van der Waals surface area contributed by atoms with E-state index < -0.39 is 91.3 Å². The second kappa shape index (κ2) is 5.76. The van der Waals surface area contributed by atoms with Crippen LogP contribution in [-0.4, -0.2) is 52.9 Å². The summed E-state index contributed by atoms with van der Waals surface area (Å²) in [5, 5.41) is -0.464. The number of hydrogen-bond acceptors (Lipinski definition) is 4. The summed E-state index contributed by atoms with van der Waals surface area (Å²) < 4.78 is 127. The van der Waals surface area contributed by atoms with Gasteiger partial charge in [-0.3, -0.25) is 9.59 Å². The van der Waals surface area contributed by atoms with E-state index in [0.717, 1.165) is 18.2 Å². The third kappa shape index (κ3) is 2.24. The summed E-state index contributed by atoms with van der Waals surface area (Å²) in [6, 6.07) is -4.91. The van der Waals surface area contributed by atoms with Gasteiger partial charge in [-0.15, -0.1) is 0 Å². The summed E-state index contributed by atoms with van der Waals surface area (Å²) in [4.78, 5) is 30.3. The van der Waals surface area contributed by atoms with Crippen LogP contribution < -0.4 is 9.47 Å². The highest BCUT2D eigenvalue weighted by Crippen LogP contribution is 2.44. The minimum absolute atomic E-state index is 0.124. The molecule has 0 bridgehead atoms. The van der Waals surface area contributed by atoms with Gasteiger partial charge < -0.3 is 24.3 Å². The standard InChI is InChI=1S/C22H19N3O4/c1-24-10-19(26)25-16(22(24)27)9-14-13-4-2-3-5-15(13)23-20(14)21(25)12-6-7-17-18(8-12)29-11-28-17/h2-8,16,21,23H,9-11H2,1H3/t16-,21-/m1/s1/i1D3,2D,3D,4D,5D,9D2,10D2,11D2,21D. The van der Waals surface area contributed by atoms with Crippen molar-refractivity contribution in [1.82, 2.24) is 14.8 Å². The maximum absolute atomic E-state index is 13.9. The molecule has 1 aromatic heterocycles. The first-order chi connectivity index (χ1) is 19.6. The van der Waals surface area contributed by atoms with Crippen molar-refractivity contribution in [3.63, 3.8) is 0 Å². The molecular weight excluding hydrogens is 370 g/mol. The first-order valence-electron chi connectivity index (χ1n) is 15.4. The van der Waals surface area contributed by atoms with Gasteiger partial charge in [0, 0.05) is 36.8 Å². The number of H-pyrrole nitrogens is 1. The fraction of sp³-hybridized carbons (Fsp3) is 0.273. The third-order valence-electron chi connectivity index (χ3n) is 4.86. The van der Waals surface area contributed by atoms with Crippen LogP contribution in [0.3, 0.4) is 0 Å². The van der Waals surface area contributed by atoms with E-state index in [1.807, 2.05) is 0 Å². The number of aromatic nitrogens is 1. The van der Waals surface area contributed by atoms with Crippen molar-refractivity contribution in [2.75, 3.05) is 20.2 Å². The van der Waals surface area contributed by atoms with Gasteiger partial charge in [0.05, 0.1) is 22.1 Å². The van der Waals surface area contributed by atoms with Crippen LogP contribution in [0.1, 0.15) is 42.0 Å². The number of ether oxygens (including phenoxy) is 2. The van der Waals surface area contributed by atoms with Crippen molar-refractivity contribution in [3.8, 4) is 11.5 Å². The van der Waals surface area contributed by atoms with Gasteiger partial charge in [0.25, 0.3) is 0 Å². The number of aromatic amines is 1. The van der Waals surface area contributed by atoms with Crippen molar-refractivity contribution in [3.05, 3.63) is 59.2 Å². The molecule has 2 atom stereocenters. The zero-order valence-corrected chi connectivity index (χ0v) is 14.3. The Balaban J connectivity index is 1.76. The van der Waals surface area contributed by atoms with Crippen molar-refractivity contribution < 1.29 is 38.3 Å². The summed E-state index contributed by atoms with van der Waals surface area (Å²) in [5.41, 5.74) is -1.93. The van der Waals surface area contributed by atoms with Gasteiger partial charge in [-0.05, 0) is 29.3 Å². The maximum Gasteiger partial charge on any atom is 0.245 e. The highest BCUT2D eigenvalue weighted by molar-refractivity contribution is 5.97. The Hall–Kier alpha value is -3.48. The molecule has 7 nitrogen and oxygen atoms in total. The summed E-state index contributed by atoms with van der Waals surface area (Å²) >= 11 is 0. The Morgan fingerprint density at radius 3 is 3.03 bits per heavy atom. The van der Waals surface area contributed by atoms with Crippen LogP contribution in [-0.2, 0) is 16.0 Å². The smallest absolute Gasteiger partial charge is 0.245 e. The van der Waals surface area contributed by atoms with Gasteiger partial charge in [-0.25, -0.2) is 0 Å². The Kier molecular flexibility index (Phi) is 1.54. The summed E-state index contributed by atoms with van der Waals surface area (Å²) in [7, 11) is 0. The fourth-order valence-electron chi connectivity index (χ4n) is 3.61. The van der Waals surface area contributed by atoms with Gasteiger partial charge >= 0.3 is 0 Å². The van der Waals surface area contributed by atoms with Crippen LogP contribution in [0.5, 0.6) is 11.5 Å². The van der Waals surface area contributed by atoms with E-state index in [0.29, 0.717) is 0 Å². The van der Waals surface area contributed by atoms with Crippen LogP contribution in [0.25, 0.3) is 10.9 Å². The molecule has 146 valence electrons. The average molecular weight is 403 g/mol. The number of piperazine rings is 1. The second-order valence-electron chi connectivity index (χ2n) is 6.43. The van der Waals surface area contributed by atoms with E-state index in [1.54, 1.807) is 0 Å². The molecule has 0 radical (unpaired) electrons. The molecular formula is C22H19N3O4. The highest BCUT2D eigenvalue weighted by Gasteiger charge is 2.47. The van der Waals surface area contributed by atoms with E-state index >= 15 is 0 Å². The van der Waals surface area contributed by atoms with Gasteiger partial charge in [0.2, 0.25) is 18.6 Å². The molecule has 3 aliphatic rings. The van der Waals surface area contributed by atoms with E-state index in [2.05, 4.69) is 4.98 Å². The van der Waals surface area contributed by atoms with E-state index in [-0.39, 0.29) is 32.4 Å². The Bertz CT molecular complexity index is 1790. The first kappa shape index (κ1) is 7.74. The Labute approximate surface area is 186 Å². The number of nitrogens with one attached hydrogen (secondary N) is 1. The van der Waals surface area contributed by atoms with Crippen molar-refractivity contribution in [2.45, 2.75) is 18.4 Å². The normalized spacial score (nSPS) is 38.0.